The Balaban J connectivity index is 1.48. The van der Waals surface area contributed by atoms with Crippen molar-refractivity contribution in [3.63, 3.8) is 0 Å². The number of pyridine rings is 2. The molecule has 0 saturated carbocycles. The summed E-state index contributed by atoms with van der Waals surface area (Å²) in [7, 11) is 0. The first kappa shape index (κ1) is 16.4. The minimum absolute atomic E-state index is 0.151. The van der Waals surface area contributed by atoms with Crippen LogP contribution in [-0.4, -0.2) is 35.6 Å². The van der Waals surface area contributed by atoms with Crippen molar-refractivity contribution in [1.82, 2.24) is 9.97 Å². The van der Waals surface area contributed by atoms with Crippen LogP contribution in [0.4, 0.5) is 5.69 Å². The summed E-state index contributed by atoms with van der Waals surface area (Å²) < 4.78 is 5.45. The van der Waals surface area contributed by atoms with E-state index >= 15 is 0 Å². The monoisotopic (exact) mass is 359 g/mol. The van der Waals surface area contributed by atoms with Crippen LogP contribution in [0.25, 0.3) is 22.0 Å². The number of benzene rings is 1. The molecule has 0 radical (unpaired) electrons. The number of amides is 1. The normalized spacial score (nSPS) is 17.5. The highest BCUT2D eigenvalue weighted by molar-refractivity contribution is 6.01. The van der Waals surface area contributed by atoms with Crippen LogP contribution in [0.1, 0.15) is 18.5 Å². The molecule has 0 aliphatic carbocycles. The third-order valence-corrected chi connectivity index (χ3v) is 5.56. The summed E-state index contributed by atoms with van der Waals surface area (Å²) in [6, 6.07) is 12.3. The van der Waals surface area contributed by atoms with Gasteiger partial charge in [-0.1, -0.05) is 18.2 Å². The highest BCUT2D eigenvalue weighted by atomic mass is 16.5. The molecule has 4 heterocycles. The molecule has 136 valence electrons. The number of aromatic nitrogens is 2. The number of carbonyl (C=O) groups is 1. The SMILES string of the molecule is O=C1Cc2ncc(-c3cnc4ccccc4c3)cc2N1CC1CCOCC1. The van der Waals surface area contributed by atoms with Crippen molar-refractivity contribution in [2.75, 3.05) is 24.7 Å². The van der Waals surface area contributed by atoms with Gasteiger partial charge in [-0.15, -0.1) is 0 Å². The van der Waals surface area contributed by atoms with Crippen LogP contribution < -0.4 is 4.90 Å². The van der Waals surface area contributed by atoms with Crippen LogP contribution in [-0.2, 0) is 16.0 Å². The molecule has 1 aromatic carbocycles. The van der Waals surface area contributed by atoms with Gasteiger partial charge >= 0.3 is 0 Å². The van der Waals surface area contributed by atoms with Crippen LogP contribution in [0.2, 0.25) is 0 Å². The Morgan fingerprint density at radius 2 is 1.81 bits per heavy atom. The maximum absolute atomic E-state index is 12.6. The third kappa shape index (κ3) is 3.08. The average molecular weight is 359 g/mol. The fourth-order valence-electron chi connectivity index (χ4n) is 4.00. The van der Waals surface area contributed by atoms with Gasteiger partial charge in [-0.05, 0) is 37.0 Å². The molecule has 2 aliphatic heterocycles. The number of nitrogens with zero attached hydrogens (tertiary/aromatic N) is 3. The quantitative estimate of drug-likeness (QED) is 0.717. The van der Waals surface area contributed by atoms with Crippen LogP contribution in [0.3, 0.4) is 0 Å². The fraction of sp³-hybridized carbons (Fsp3) is 0.318. The van der Waals surface area contributed by atoms with Crippen molar-refractivity contribution in [2.24, 2.45) is 5.92 Å². The molecular formula is C22H21N3O2. The molecule has 0 unspecified atom stereocenters. The Morgan fingerprint density at radius 1 is 1.04 bits per heavy atom. The Morgan fingerprint density at radius 3 is 2.70 bits per heavy atom. The Bertz CT molecular complexity index is 1010. The zero-order valence-corrected chi connectivity index (χ0v) is 15.1. The van der Waals surface area contributed by atoms with Crippen molar-refractivity contribution < 1.29 is 9.53 Å². The van der Waals surface area contributed by atoms with Gasteiger partial charge in [0.15, 0.2) is 0 Å². The smallest absolute Gasteiger partial charge is 0.233 e. The van der Waals surface area contributed by atoms with Gasteiger partial charge in [0.25, 0.3) is 0 Å². The highest BCUT2D eigenvalue weighted by Crippen LogP contribution is 2.33. The van der Waals surface area contributed by atoms with Crippen molar-refractivity contribution in [1.29, 1.82) is 0 Å². The third-order valence-electron chi connectivity index (χ3n) is 5.56. The minimum Gasteiger partial charge on any atom is -0.381 e. The number of carbonyl (C=O) groups excluding carboxylic acids is 1. The minimum atomic E-state index is 0.151. The van der Waals surface area contributed by atoms with Gasteiger partial charge < -0.3 is 9.64 Å². The van der Waals surface area contributed by atoms with Gasteiger partial charge in [-0.25, -0.2) is 0 Å². The van der Waals surface area contributed by atoms with Crippen LogP contribution in [0.5, 0.6) is 0 Å². The van der Waals surface area contributed by atoms with Crippen molar-refractivity contribution in [2.45, 2.75) is 19.3 Å². The first-order valence-electron chi connectivity index (χ1n) is 9.50. The van der Waals surface area contributed by atoms with Gasteiger partial charge in [-0.2, -0.15) is 0 Å². The number of ether oxygens (including phenoxy) is 1. The lowest BCUT2D eigenvalue weighted by Crippen LogP contribution is -2.34. The van der Waals surface area contributed by atoms with Crippen LogP contribution in [0, 0.1) is 5.92 Å². The molecule has 0 bridgehead atoms. The zero-order valence-electron chi connectivity index (χ0n) is 15.1. The molecule has 5 nitrogen and oxygen atoms in total. The molecular weight excluding hydrogens is 338 g/mol. The summed E-state index contributed by atoms with van der Waals surface area (Å²) in [6.07, 6.45) is 6.16. The second-order valence-electron chi connectivity index (χ2n) is 7.34. The molecule has 3 aromatic rings. The van der Waals surface area contributed by atoms with Crippen LogP contribution >= 0.6 is 0 Å². The van der Waals surface area contributed by atoms with Gasteiger partial charge in [0, 0.05) is 48.7 Å². The number of hydrogen-bond acceptors (Lipinski definition) is 4. The summed E-state index contributed by atoms with van der Waals surface area (Å²) in [4.78, 5) is 23.6. The molecule has 5 rings (SSSR count). The second kappa shape index (κ2) is 6.74. The van der Waals surface area contributed by atoms with Gasteiger partial charge in [0.2, 0.25) is 5.91 Å². The predicted octanol–water partition coefficient (Wildman–Crippen LogP) is 3.61. The molecule has 1 saturated heterocycles. The first-order valence-corrected chi connectivity index (χ1v) is 9.50. The highest BCUT2D eigenvalue weighted by Gasteiger charge is 2.31. The molecule has 2 aliphatic rings. The predicted molar refractivity (Wildman–Crippen MR) is 105 cm³/mol. The lowest BCUT2D eigenvalue weighted by atomic mass is 9.99. The molecule has 0 N–H and O–H groups in total. The van der Waals surface area contributed by atoms with Gasteiger partial charge in [0.05, 0.1) is 23.3 Å². The van der Waals surface area contributed by atoms with E-state index in [0.717, 1.165) is 66.0 Å². The number of rotatable bonds is 3. The molecule has 1 fully saturated rings. The van der Waals surface area contributed by atoms with E-state index < -0.39 is 0 Å². The van der Waals surface area contributed by atoms with Crippen molar-refractivity contribution in [3.8, 4) is 11.1 Å². The van der Waals surface area contributed by atoms with E-state index in [9.17, 15) is 4.79 Å². The number of hydrogen-bond donors (Lipinski definition) is 0. The van der Waals surface area contributed by atoms with Crippen molar-refractivity contribution in [3.05, 3.63) is 54.5 Å². The summed E-state index contributed by atoms with van der Waals surface area (Å²) >= 11 is 0. The van der Waals surface area contributed by atoms with Gasteiger partial charge in [-0.3, -0.25) is 14.8 Å². The molecule has 0 atom stereocenters. The van der Waals surface area contributed by atoms with E-state index in [1.165, 1.54) is 0 Å². The Hall–Kier alpha value is -2.79. The largest absolute Gasteiger partial charge is 0.381 e. The average Bonchev–Trinajstić information content (AvgIpc) is 3.03. The van der Waals surface area contributed by atoms with Crippen LogP contribution in [0.15, 0.2) is 48.8 Å². The fourth-order valence-corrected chi connectivity index (χ4v) is 4.00. The molecule has 1 amide bonds. The lowest BCUT2D eigenvalue weighted by Gasteiger charge is -2.27. The number of anilines is 1. The van der Waals surface area contributed by atoms with Gasteiger partial charge in [0.1, 0.15) is 0 Å². The summed E-state index contributed by atoms with van der Waals surface area (Å²) in [5.41, 5.74) is 4.83. The lowest BCUT2D eigenvalue weighted by molar-refractivity contribution is -0.117. The maximum atomic E-state index is 12.6. The van der Waals surface area contributed by atoms with E-state index in [1.54, 1.807) is 0 Å². The topological polar surface area (TPSA) is 55.3 Å². The number of fused-ring (bicyclic) bond motifs is 2. The summed E-state index contributed by atoms with van der Waals surface area (Å²) in [6.45, 7) is 2.34. The molecule has 0 spiro atoms. The maximum Gasteiger partial charge on any atom is 0.233 e. The van der Waals surface area contributed by atoms with E-state index in [0.29, 0.717) is 12.3 Å². The van der Waals surface area contributed by atoms with E-state index in [2.05, 4.69) is 28.2 Å². The molecule has 27 heavy (non-hydrogen) atoms. The summed E-state index contributed by atoms with van der Waals surface area (Å²) in [5, 5.41) is 1.10. The zero-order chi connectivity index (χ0) is 18.2. The number of para-hydroxylation sites is 1. The van der Waals surface area contributed by atoms with E-state index in [4.69, 9.17) is 4.74 Å². The summed E-state index contributed by atoms with van der Waals surface area (Å²) in [5.74, 6) is 0.650. The van der Waals surface area contributed by atoms with E-state index in [1.807, 2.05) is 35.5 Å². The first-order chi connectivity index (χ1) is 13.3. The molecule has 2 aromatic heterocycles. The molecule has 5 heteroatoms. The van der Waals surface area contributed by atoms with Crippen molar-refractivity contribution >= 4 is 22.5 Å². The standard InChI is InChI=1S/C22H21N3O2/c26-22-11-20-21(25(22)14-15-5-7-27-8-6-15)10-18(13-24-20)17-9-16-3-1-2-4-19(16)23-12-17/h1-4,9-10,12-13,15H,5-8,11,14H2. The van der Waals surface area contributed by atoms with E-state index in [-0.39, 0.29) is 5.91 Å². The Kier molecular flexibility index (Phi) is 4.09. The second-order valence-corrected chi connectivity index (χ2v) is 7.34. The Labute approximate surface area is 158 Å².